The Labute approximate surface area is 163 Å². The lowest BCUT2D eigenvalue weighted by molar-refractivity contribution is -0.148. The number of carboxylic acid groups (broad SMARTS) is 1. The van der Waals surface area contributed by atoms with Crippen molar-refractivity contribution in [1.29, 1.82) is 0 Å². The van der Waals surface area contributed by atoms with E-state index in [-0.39, 0.29) is 17.7 Å². The summed E-state index contributed by atoms with van der Waals surface area (Å²) in [6.07, 6.45) is 1.75. The first kappa shape index (κ1) is 18.1. The van der Waals surface area contributed by atoms with Gasteiger partial charge in [-0.05, 0) is 48.4 Å². The average Bonchev–Trinajstić information content (AvgIpc) is 3.49. The molecule has 1 heterocycles. The van der Waals surface area contributed by atoms with Gasteiger partial charge in [-0.2, -0.15) is 0 Å². The molecule has 1 amide bonds. The monoisotopic (exact) mass is 383 g/mol. The van der Waals surface area contributed by atoms with Gasteiger partial charge in [-0.15, -0.1) is 0 Å². The van der Waals surface area contributed by atoms with Crippen molar-refractivity contribution in [2.45, 2.75) is 30.6 Å². The zero-order valence-electron chi connectivity index (χ0n) is 15.0. The Hall–Kier alpha value is -2.33. The largest absolute Gasteiger partial charge is 0.481 e. The lowest BCUT2D eigenvalue weighted by atomic mass is 9.73. The van der Waals surface area contributed by atoms with E-state index in [1.165, 1.54) is 0 Å². The first-order valence-electron chi connectivity index (χ1n) is 9.34. The molecule has 2 atom stereocenters. The quantitative estimate of drug-likeness (QED) is 0.865. The van der Waals surface area contributed by atoms with E-state index in [0.29, 0.717) is 31.0 Å². The van der Waals surface area contributed by atoms with Crippen molar-refractivity contribution in [3.63, 3.8) is 0 Å². The molecule has 1 saturated carbocycles. The predicted molar refractivity (Wildman–Crippen MR) is 104 cm³/mol. The third-order valence-electron chi connectivity index (χ3n) is 6.05. The highest BCUT2D eigenvalue weighted by Crippen LogP contribution is 2.49. The number of benzene rings is 2. The van der Waals surface area contributed by atoms with Crippen LogP contribution in [0.4, 0.5) is 0 Å². The second-order valence-corrected chi connectivity index (χ2v) is 8.02. The Morgan fingerprint density at radius 3 is 2.37 bits per heavy atom. The van der Waals surface area contributed by atoms with Crippen LogP contribution in [-0.4, -0.2) is 35.0 Å². The van der Waals surface area contributed by atoms with Crippen molar-refractivity contribution in [3.05, 3.63) is 70.7 Å². The van der Waals surface area contributed by atoms with Crippen molar-refractivity contribution in [2.24, 2.45) is 5.92 Å². The van der Waals surface area contributed by atoms with E-state index in [1.807, 2.05) is 59.5 Å². The Morgan fingerprint density at radius 1 is 1.04 bits per heavy atom. The zero-order valence-corrected chi connectivity index (χ0v) is 15.7. The number of nitrogens with zero attached hydrogens (tertiary/aromatic N) is 1. The molecule has 0 bridgehead atoms. The molecule has 4 nitrogen and oxygen atoms in total. The summed E-state index contributed by atoms with van der Waals surface area (Å²) in [5, 5.41) is 10.6. The summed E-state index contributed by atoms with van der Waals surface area (Å²) in [6.45, 7) is 0.970. The van der Waals surface area contributed by atoms with Gasteiger partial charge in [0.2, 0.25) is 5.91 Å². The van der Waals surface area contributed by atoms with Gasteiger partial charge in [0.1, 0.15) is 0 Å². The minimum absolute atomic E-state index is 0.00230. The molecule has 1 aliphatic heterocycles. The first-order chi connectivity index (χ1) is 13.0. The highest BCUT2D eigenvalue weighted by atomic mass is 35.5. The van der Waals surface area contributed by atoms with Gasteiger partial charge in [-0.25, -0.2) is 0 Å². The summed E-state index contributed by atoms with van der Waals surface area (Å²) < 4.78 is 0. The number of likely N-dealkylation sites (tertiary alicyclic amines) is 1. The average molecular weight is 384 g/mol. The normalized spacial score (nSPS) is 23.7. The Morgan fingerprint density at radius 2 is 1.74 bits per heavy atom. The number of piperidine rings is 1. The molecule has 2 aliphatic rings. The molecule has 0 aromatic heterocycles. The maximum Gasteiger partial charge on any atom is 0.314 e. The maximum absolute atomic E-state index is 12.9. The van der Waals surface area contributed by atoms with Crippen LogP contribution in [0.25, 0.3) is 0 Å². The van der Waals surface area contributed by atoms with Crippen LogP contribution in [0.3, 0.4) is 0 Å². The van der Waals surface area contributed by atoms with Gasteiger partial charge >= 0.3 is 5.97 Å². The van der Waals surface area contributed by atoms with Crippen molar-refractivity contribution >= 4 is 23.5 Å². The number of carbonyl (C=O) groups excluding carboxylic acids is 1. The summed E-state index contributed by atoms with van der Waals surface area (Å²) in [5.41, 5.74) is 1.04. The van der Waals surface area contributed by atoms with Crippen LogP contribution in [0.15, 0.2) is 54.6 Å². The molecule has 2 aromatic rings. The first-order valence-corrected chi connectivity index (χ1v) is 9.72. The molecule has 4 rings (SSSR count). The van der Waals surface area contributed by atoms with Crippen LogP contribution in [0.1, 0.15) is 36.3 Å². The Kier molecular flexibility index (Phi) is 4.68. The molecule has 1 N–H and O–H groups in total. The topological polar surface area (TPSA) is 57.6 Å². The van der Waals surface area contributed by atoms with Gasteiger partial charge in [0.25, 0.3) is 0 Å². The molecule has 0 unspecified atom stereocenters. The molecule has 27 heavy (non-hydrogen) atoms. The van der Waals surface area contributed by atoms with Crippen LogP contribution in [0.5, 0.6) is 0 Å². The lowest BCUT2D eigenvalue weighted by Crippen LogP contribution is -2.49. The highest BCUT2D eigenvalue weighted by Gasteiger charge is 2.49. The van der Waals surface area contributed by atoms with Gasteiger partial charge in [-0.3, -0.25) is 9.59 Å². The third kappa shape index (κ3) is 3.34. The molecular weight excluding hydrogens is 362 g/mol. The van der Waals surface area contributed by atoms with E-state index in [1.54, 1.807) is 0 Å². The van der Waals surface area contributed by atoms with E-state index >= 15 is 0 Å². The van der Waals surface area contributed by atoms with E-state index in [9.17, 15) is 14.7 Å². The number of hydrogen-bond donors (Lipinski definition) is 1. The fraction of sp³-hybridized carbons (Fsp3) is 0.364. The number of halogens is 1. The molecule has 1 aliphatic carbocycles. The van der Waals surface area contributed by atoms with E-state index < -0.39 is 11.4 Å². The molecule has 5 heteroatoms. The second kappa shape index (κ2) is 7.01. The van der Waals surface area contributed by atoms with Crippen LogP contribution >= 0.6 is 11.6 Å². The fourth-order valence-corrected chi connectivity index (χ4v) is 4.50. The van der Waals surface area contributed by atoms with Gasteiger partial charge < -0.3 is 10.0 Å². The summed E-state index contributed by atoms with van der Waals surface area (Å²) in [5.74, 6) is -0.426. The SMILES string of the molecule is O=C([C@@H]1C[C@@H]1c1cccc(Cl)c1)N1CCC(C(=O)O)(c2ccccc2)CC1. The third-order valence-corrected chi connectivity index (χ3v) is 6.28. The molecule has 2 fully saturated rings. The summed E-state index contributed by atoms with van der Waals surface area (Å²) in [6, 6.07) is 17.1. The number of carbonyl (C=O) groups is 2. The van der Waals surface area contributed by atoms with Crippen LogP contribution in [0, 0.1) is 5.92 Å². The van der Waals surface area contributed by atoms with Crippen LogP contribution in [-0.2, 0) is 15.0 Å². The minimum Gasteiger partial charge on any atom is -0.481 e. The Bertz CT molecular complexity index is 859. The summed E-state index contributed by atoms with van der Waals surface area (Å²) >= 11 is 6.06. The van der Waals surface area contributed by atoms with Gasteiger partial charge in [-0.1, -0.05) is 54.1 Å². The number of rotatable bonds is 4. The fourth-order valence-electron chi connectivity index (χ4n) is 4.30. The molecular formula is C22H22ClNO3. The van der Waals surface area contributed by atoms with E-state index in [2.05, 4.69) is 0 Å². The van der Waals surface area contributed by atoms with Gasteiger partial charge in [0.05, 0.1) is 5.41 Å². The maximum atomic E-state index is 12.9. The second-order valence-electron chi connectivity index (χ2n) is 7.58. The zero-order chi connectivity index (χ0) is 19.0. The molecule has 0 radical (unpaired) electrons. The number of hydrogen-bond acceptors (Lipinski definition) is 2. The van der Waals surface area contributed by atoms with Crippen molar-refractivity contribution < 1.29 is 14.7 Å². The lowest BCUT2D eigenvalue weighted by Gasteiger charge is -2.39. The van der Waals surface area contributed by atoms with Crippen molar-refractivity contribution in [1.82, 2.24) is 4.90 Å². The molecule has 2 aromatic carbocycles. The standard InChI is InChI=1S/C22H22ClNO3/c23-17-8-4-5-15(13-17)18-14-19(18)20(25)24-11-9-22(10-12-24,21(26)27)16-6-2-1-3-7-16/h1-8,13,18-19H,9-12,14H2,(H,26,27)/t18-,19-/m1/s1. The van der Waals surface area contributed by atoms with Gasteiger partial charge in [0.15, 0.2) is 0 Å². The molecule has 0 spiro atoms. The van der Waals surface area contributed by atoms with Crippen LogP contribution in [0.2, 0.25) is 5.02 Å². The molecule has 1 saturated heterocycles. The number of amides is 1. The number of carboxylic acids is 1. The summed E-state index contributed by atoms with van der Waals surface area (Å²) in [4.78, 5) is 26.8. The van der Waals surface area contributed by atoms with Crippen molar-refractivity contribution in [3.8, 4) is 0 Å². The van der Waals surface area contributed by atoms with Gasteiger partial charge in [0, 0.05) is 24.0 Å². The van der Waals surface area contributed by atoms with Crippen molar-refractivity contribution in [2.75, 3.05) is 13.1 Å². The smallest absolute Gasteiger partial charge is 0.314 e. The Balaban J connectivity index is 1.43. The summed E-state index contributed by atoms with van der Waals surface area (Å²) in [7, 11) is 0. The van der Waals surface area contributed by atoms with E-state index in [0.717, 1.165) is 17.5 Å². The van der Waals surface area contributed by atoms with Crippen LogP contribution < -0.4 is 0 Å². The molecule has 140 valence electrons. The number of aliphatic carboxylic acids is 1. The predicted octanol–water partition coefficient (Wildman–Crippen LogP) is 4.09. The highest BCUT2D eigenvalue weighted by molar-refractivity contribution is 6.30. The minimum atomic E-state index is -0.895. The van der Waals surface area contributed by atoms with E-state index in [4.69, 9.17) is 11.6 Å².